The van der Waals surface area contributed by atoms with Gasteiger partial charge in [-0.25, -0.2) is 0 Å². The van der Waals surface area contributed by atoms with Crippen LogP contribution in [0, 0.1) is 23.7 Å². The zero-order valence-electron chi connectivity index (χ0n) is 22.5. The number of amides is 3. The summed E-state index contributed by atoms with van der Waals surface area (Å²) >= 11 is 12.1. The van der Waals surface area contributed by atoms with Gasteiger partial charge in [0.25, 0.3) is 0 Å². The van der Waals surface area contributed by atoms with Gasteiger partial charge in [-0.2, -0.15) is 0 Å². The number of anilines is 1. The fraction of sp³-hybridized carbons (Fsp3) is 0.452. The number of hydrogen-bond donors (Lipinski definition) is 2. The molecule has 2 N–H and O–H groups in total. The van der Waals surface area contributed by atoms with Gasteiger partial charge in [0.05, 0.1) is 17.9 Å². The lowest BCUT2D eigenvalue weighted by molar-refractivity contribution is -0.142. The van der Waals surface area contributed by atoms with E-state index in [0.717, 1.165) is 24.8 Å². The van der Waals surface area contributed by atoms with E-state index in [1.165, 1.54) is 0 Å². The van der Waals surface area contributed by atoms with E-state index in [1.54, 1.807) is 41.3 Å². The molecule has 0 radical (unpaired) electrons. The lowest BCUT2D eigenvalue weighted by Crippen LogP contribution is -2.57. The van der Waals surface area contributed by atoms with E-state index >= 15 is 0 Å². The van der Waals surface area contributed by atoms with Gasteiger partial charge in [0.15, 0.2) is 0 Å². The van der Waals surface area contributed by atoms with Crippen molar-refractivity contribution < 1.29 is 19.1 Å². The van der Waals surface area contributed by atoms with E-state index < -0.39 is 29.6 Å². The van der Waals surface area contributed by atoms with Crippen LogP contribution in [-0.2, 0) is 25.7 Å². The molecule has 2 saturated heterocycles. The van der Waals surface area contributed by atoms with Crippen molar-refractivity contribution in [1.82, 2.24) is 10.2 Å². The minimum atomic E-state index is -1.22. The normalized spacial score (nSPS) is 34.1. The molecule has 3 aliphatic heterocycles. The summed E-state index contributed by atoms with van der Waals surface area (Å²) < 4.78 is 6.47. The number of carbonyl (C=O) groups is 3. The Morgan fingerprint density at radius 3 is 2.38 bits per heavy atom. The van der Waals surface area contributed by atoms with E-state index in [9.17, 15) is 14.4 Å². The van der Waals surface area contributed by atoms with Gasteiger partial charge in [0.1, 0.15) is 11.6 Å². The first-order valence-electron chi connectivity index (χ1n) is 14.0. The molecular weight excluding hydrogens is 549 g/mol. The fourth-order valence-corrected chi connectivity index (χ4v) is 7.28. The predicted molar refractivity (Wildman–Crippen MR) is 154 cm³/mol. The fourth-order valence-electron chi connectivity index (χ4n) is 7.03. The molecule has 3 amide bonds. The van der Waals surface area contributed by atoms with Crippen LogP contribution in [0.15, 0.2) is 60.7 Å². The summed E-state index contributed by atoms with van der Waals surface area (Å²) in [5.74, 6) is -1.59. The van der Waals surface area contributed by atoms with Crippen molar-refractivity contribution in [2.24, 2.45) is 23.7 Å². The van der Waals surface area contributed by atoms with Gasteiger partial charge in [-0.1, -0.05) is 74.2 Å². The second kappa shape index (κ2) is 10.5. The second-order valence-corrected chi connectivity index (χ2v) is 12.5. The first kappa shape index (κ1) is 27.3. The lowest BCUT2D eigenvalue weighted by Gasteiger charge is -2.38. The molecule has 3 fully saturated rings. The molecule has 1 saturated carbocycles. The Labute approximate surface area is 244 Å². The zero-order chi connectivity index (χ0) is 28.2. The van der Waals surface area contributed by atoms with Crippen LogP contribution in [0.1, 0.15) is 38.7 Å². The maximum atomic E-state index is 14.2. The average molecular weight is 583 g/mol. The van der Waals surface area contributed by atoms with Gasteiger partial charge < -0.3 is 20.3 Å². The van der Waals surface area contributed by atoms with Crippen molar-refractivity contribution in [2.75, 3.05) is 5.32 Å². The smallest absolute Gasteiger partial charge is 0.246 e. The number of halogens is 2. The number of likely N-dealkylation sites (tertiary alicyclic amines) is 1. The highest BCUT2D eigenvalue weighted by molar-refractivity contribution is 6.30. The Bertz CT molecular complexity index is 1350. The van der Waals surface area contributed by atoms with Crippen LogP contribution >= 0.6 is 23.2 Å². The molecule has 3 heterocycles. The Morgan fingerprint density at radius 1 is 1.00 bits per heavy atom. The number of rotatable bonds is 6. The van der Waals surface area contributed by atoms with Crippen LogP contribution < -0.4 is 10.6 Å². The molecule has 7 nitrogen and oxygen atoms in total. The predicted octanol–water partition coefficient (Wildman–Crippen LogP) is 5.22. The van der Waals surface area contributed by atoms with Gasteiger partial charge in [-0.3, -0.25) is 14.4 Å². The Morgan fingerprint density at radius 2 is 1.68 bits per heavy atom. The van der Waals surface area contributed by atoms with E-state index in [2.05, 4.69) is 24.5 Å². The van der Waals surface area contributed by atoms with Crippen molar-refractivity contribution >= 4 is 46.6 Å². The monoisotopic (exact) mass is 581 g/mol. The number of ether oxygens (including phenoxy) is 1. The number of nitrogens with zero attached hydrogens (tertiary/aromatic N) is 1. The Kier molecular flexibility index (Phi) is 7.18. The number of hydrogen-bond acceptors (Lipinski definition) is 4. The lowest BCUT2D eigenvalue weighted by atomic mass is 9.73. The number of benzene rings is 2. The average Bonchev–Trinajstić information content (AvgIpc) is 3.57. The summed E-state index contributed by atoms with van der Waals surface area (Å²) in [6.07, 6.45) is 6.16. The van der Waals surface area contributed by atoms with Crippen molar-refractivity contribution in [3.05, 3.63) is 76.3 Å². The molecule has 2 bridgehead atoms. The third-order valence-electron chi connectivity index (χ3n) is 9.34. The van der Waals surface area contributed by atoms with E-state index in [4.69, 9.17) is 27.9 Å². The molecule has 9 heteroatoms. The van der Waals surface area contributed by atoms with Crippen LogP contribution in [0.25, 0.3) is 0 Å². The molecule has 2 aromatic carbocycles. The van der Waals surface area contributed by atoms with Gasteiger partial charge in [0, 0.05) is 28.3 Å². The standard InChI is InChI=1S/C31H33Cl2N3O4/c1-17-4-3-5-23(18(17)2)35-29(38)27-31-15-14-24(40-31)25(28(37)34-22-12-10-21(33)11-13-22)26(31)30(39)36(27)16-19-6-8-20(32)9-7-19/h6-15,17-18,23-27H,3-5,16H2,1-2H3,(H,34,37)(H,35,38)/t17-,18+,23+,24-,25-,26-,27+,31+/m1/s1. The highest BCUT2D eigenvalue weighted by atomic mass is 35.5. The molecular formula is C31H33Cl2N3O4. The van der Waals surface area contributed by atoms with E-state index in [0.29, 0.717) is 27.6 Å². The molecule has 6 rings (SSSR count). The van der Waals surface area contributed by atoms with Crippen LogP contribution in [0.4, 0.5) is 5.69 Å². The maximum absolute atomic E-state index is 14.2. The van der Waals surface area contributed by atoms with Gasteiger partial charge in [-0.05, 0) is 60.2 Å². The van der Waals surface area contributed by atoms with Gasteiger partial charge in [0.2, 0.25) is 17.7 Å². The number of fused-ring (bicyclic) bond motifs is 1. The van der Waals surface area contributed by atoms with Crippen molar-refractivity contribution in [1.29, 1.82) is 0 Å². The summed E-state index contributed by atoms with van der Waals surface area (Å²) in [6, 6.07) is 13.2. The van der Waals surface area contributed by atoms with Crippen LogP contribution in [0.2, 0.25) is 10.0 Å². The molecule has 4 aliphatic rings. The Balaban J connectivity index is 1.32. The Hall–Kier alpha value is -2.87. The summed E-state index contributed by atoms with van der Waals surface area (Å²) in [4.78, 5) is 43.5. The molecule has 0 unspecified atom stereocenters. The SMILES string of the molecule is C[C@H]1[C@H](C)CCC[C@@H]1NC(=O)[C@@H]1N(Cc2ccc(Cl)cc2)C(=O)[C@H]2[C@H](C(=O)Nc3ccc(Cl)cc3)[C@H]3C=C[C@@]12O3. The third-order valence-corrected chi connectivity index (χ3v) is 9.84. The van der Waals surface area contributed by atoms with E-state index in [-0.39, 0.29) is 30.3 Å². The third kappa shape index (κ3) is 4.62. The molecule has 2 aromatic rings. The van der Waals surface area contributed by atoms with Crippen LogP contribution in [0.5, 0.6) is 0 Å². The highest BCUT2D eigenvalue weighted by Gasteiger charge is 2.72. The highest BCUT2D eigenvalue weighted by Crippen LogP contribution is 2.55. The largest absolute Gasteiger partial charge is 0.359 e. The number of nitrogens with one attached hydrogen (secondary N) is 2. The summed E-state index contributed by atoms with van der Waals surface area (Å²) in [6.45, 7) is 4.60. The summed E-state index contributed by atoms with van der Waals surface area (Å²) in [5.41, 5.74) is 0.199. The van der Waals surface area contributed by atoms with Gasteiger partial charge >= 0.3 is 0 Å². The maximum Gasteiger partial charge on any atom is 0.246 e. The first-order valence-corrected chi connectivity index (χ1v) is 14.7. The molecule has 1 aliphatic carbocycles. The molecule has 1 spiro atoms. The molecule has 0 aromatic heterocycles. The molecule has 210 valence electrons. The van der Waals surface area contributed by atoms with Gasteiger partial charge in [-0.15, -0.1) is 0 Å². The van der Waals surface area contributed by atoms with Crippen molar-refractivity contribution in [3.8, 4) is 0 Å². The summed E-state index contributed by atoms with van der Waals surface area (Å²) in [5, 5.41) is 7.35. The van der Waals surface area contributed by atoms with Crippen molar-refractivity contribution in [2.45, 2.75) is 63.4 Å². The quantitative estimate of drug-likeness (QED) is 0.457. The van der Waals surface area contributed by atoms with Crippen LogP contribution in [-0.4, -0.2) is 46.4 Å². The molecule has 40 heavy (non-hydrogen) atoms. The second-order valence-electron chi connectivity index (χ2n) is 11.7. The number of carbonyl (C=O) groups excluding carboxylic acids is 3. The minimum Gasteiger partial charge on any atom is -0.359 e. The molecule has 8 atom stereocenters. The first-order chi connectivity index (χ1) is 19.2. The zero-order valence-corrected chi connectivity index (χ0v) is 24.0. The van der Waals surface area contributed by atoms with E-state index in [1.807, 2.05) is 24.3 Å². The minimum absolute atomic E-state index is 0.0192. The van der Waals surface area contributed by atoms with Crippen LogP contribution in [0.3, 0.4) is 0 Å². The van der Waals surface area contributed by atoms with Crippen molar-refractivity contribution in [3.63, 3.8) is 0 Å². The summed E-state index contributed by atoms with van der Waals surface area (Å²) in [7, 11) is 0. The topological polar surface area (TPSA) is 87.7 Å².